The normalized spacial score (nSPS) is 22.7. The third-order valence-electron chi connectivity index (χ3n) is 2.13. The fourth-order valence-electron chi connectivity index (χ4n) is 1.25. The second-order valence-corrected chi connectivity index (χ2v) is 3.65. The quantitative estimate of drug-likeness (QED) is 0.636. The highest BCUT2D eigenvalue weighted by Gasteiger charge is 2.24. The molecule has 1 unspecified atom stereocenters. The predicted octanol–water partition coefficient (Wildman–Crippen LogP) is 0.0372. The first-order valence-electron chi connectivity index (χ1n) is 4.69. The molecule has 1 aliphatic heterocycles. The van der Waals surface area contributed by atoms with Gasteiger partial charge in [-0.05, 0) is 12.8 Å². The van der Waals surface area contributed by atoms with E-state index >= 15 is 0 Å². The highest BCUT2D eigenvalue weighted by atomic mass is 16.2. The zero-order valence-corrected chi connectivity index (χ0v) is 8.09. The summed E-state index contributed by atoms with van der Waals surface area (Å²) < 4.78 is 0. The lowest BCUT2D eigenvalue weighted by molar-refractivity contribution is -0.131. The average Bonchev–Trinajstić information content (AvgIpc) is 2.08. The van der Waals surface area contributed by atoms with E-state index < -0.39 is 0 Å². The van der Waals surface area contributed by atoms with E-state index in [4.69, 9.17) is 0 Å². The maximum absolute atomic E-state index is 11.3. The summed E-state index contributed by atoms with van der Waals surface area (Å²) in [6, 6.07) is -0.316. The Kier molecular flexibility index (Phi) is 3.28. The second kappa shape index (κ2) is 4.25. The van der Waals surface area contributed by atoms with Gasteiger partial charge in [0.1, 0.15) is 6.04 Å². The molecule has 2 N–H and O–H groups in total. The van der Waals surface area contributed by atoms with E-state index in [1.165, 1.54) is 0 Å². The van der Waals surface area contributed by atoms with Gasteiger partial charge in [-0.1, -0.05) is 13.8 Å². The summed E-state index contributed by atoms with van der Waals surface area (Å²) in [5.74, 6) is -0.169. The summed E-state index contributed by atoms with van der Waals surface area (Å²) >= 11 is 0. The van der Waals surface area contributed by atoms with Crippen molar-refractivity contribution in [2.45, 2.75) is 32.7 Å². The third kappa shape index (κ3) is 2.72. The molecule has 1 fully saturated rings. The Bertz CT molecular complexity index is 214. The molecule has 2 amide bonds. The van der Waals surface area contributed by atoms with Crippen LogP contribution in [0.4, 0.5) is 0 Å². The van der Waals surface area contributed by atoms with Crippen LogP contribution in [0.3, 0.4) is 0 Å². The Balaban J connectivity index is 2.43. The standard InChI is InChI=1S/C9H16N2O2/c1-6(2)8(12)11-7-4-3-5-10-9(7)13/h6-7H,3-5H2,1-2H3,(H,10,13)(H,11,12). The molecular weight excluding hydrogens is 168 g/mol. The molecule has 0 aromatic heterocycles. The van der Waals surface area contributed by atoms with Crippen LogP contribution in [0.25, 0.3) is 0 Å². The molecule has 0 aromatic rings. The van der Waals surface area contributed by atoms with Gasteiger partial charge in [-0.3, -0.25) is 9.59 Å². The monoisotopic (exact) mass is 184 g/mol. The number of carbonyl (C=O) groups is 2. The number of piperidine rings is 1. The molecule has 0 bridgehead atoms. The maximum Gasteiger partial charge on any atom is 0.242 e. The van der Waals surface area contributed by atoms with E-state index in [1.807, 2.05) is 13.8 Å². The minimum Gasteiger partial charge on any atom is -0.354 e. The van der Waals surface area contributed by atoms with Gasteiger partial charge in [0.15, 0.2) is 0 Å². The van der Waals surface area contributed by atoms with Crippen molar-refractivity contribution < 1.29 is 9.59 Å². The Labute approximate surface area is 78.1 Å². The van der Waals surface area contributed by atoms with Crippen LogP contribution in [0.15, 0.2) is 0 Å². The zero-order valence-electron chi connectivity index (χ0n) is 8.09. The molecule has 1 rings (SSSR count). The van der Waals surface area contributed by atoms with Gasteiger partial charge in [0.05, 0.1) is 0 Å². The predicted molar refractivity (Wildman–Crippen MR) is 49.0 cm³/mol. The molecule has 1 aliphatic rings. The number of rotatable bonds is 2. The number of hydrogen-bond donors (Lipinski definition) is 2. The number of nitrogens with one attached hydrogen (secondary N) is 2. The van der Waals surface area contributed by atoms with Crippen molar-refractivity contribution >= 4 is 11.8 Å². The van der Waals surface area contributed by atoms with E-state index in [-0.39, 0.29) is 23.8 Å². The van der Waals surface area contributed by atoms with Crippen molar-refractivity contribution in [3.05, 3.63) is 0 Å². The summed E-state index contributed by atoms with van der Waals surface area (Å²) in [6.45, 7) is 4.36. The topological polar surface area (TPSA) is 58.2 Å². The number of amides is 2. The highest BCUT2D eigenvalue weighted by molar-refractivity contribution is 5.88. The van der Waals surface area contributed by atoms with Gasteiger partial charge in [-0.25, -0.2) is 0 Å². The molecule has 4 heteroatoms. The first kappa shape index (κ1) is 10.0. The van der Waals surface area contributed by atoms with E-state index in [9.17, 15) is 9.59 Å². The SMILES string of the molecule is CC(C)C(=O)NC1CCCNC1=O. The average molecular weight is 184 g/mol. The van der Waals surface area contributed by atoms with Crippen LogP contribution in [0.2, 0.25) is 0 Å². The van der Waals surface area contributed by atoms with Crippen LogP contribution in [0.5, 0.6) is 0 Å². The minimum absolute atomic E-state index is 0.0537. The molecule has 0 aliphatic carbocycles. The summed E-state index contributed by atoms with van der Waals surface area (Å²) in [7, 11) is 0. The van der Waals surface area contributed by atoms with Crippen molar-refractivity contribution in [3.8, 4) is 0 Å². The van der Waals surface area contributed by atoms with Crippen LogP contribution < -0.4 is 10.6 Å². The van der Waals surface area contributed by atoms with Crippen molar-refractivity contribution in [3.63, 3.8) is 0 Å². The van der Waals surface area contributed by atoms with Crippen LogP contribution in [0.1, 0.15) is 26.7 Å². The van der Waals surface area contributed by atoms with Crippen molar-refractivity contribution in [1.82, 2.24) is 10.6 Å². The molecule has 0 saturated carbocycles. The fraction of sp³-hybridized carbons (Fsp3) is 0.778. The van der Waals surface area contributed by atoms with Crippen molar-refractivity contribution in [2.75, 3.05) is 6.54 Å². The van der Waals surface area contributed by atoms with Crippen molar-refractivity contribution in [2.24, 2.45) is 5.92 Å². The van der Waals surface area contributed by atoms with Gasteiger partial charge in [-0.15, -0.1) is 0 Å². The highest BCUT2D eigenvalue weighted by Crippen LogP contribution is 2.04. The molecule has 74 valence electrons. The molecular formula is C9H16N2O2. The lowest BCUT2D eigenvalue weighted by Gasteiger charge is -2.23. The van der Waals surface area contributed by atoms with Crippen LogP contribution >= 0.6 is 0 Å². The van der Waals surface area contributed by atoms with Gasteiger partial charge >= 0.3 is 0 Å². The summed E-state index contributed by atoms with van der Waals surface area (Å²) in [4.78, 5) is 22.5. The minimum atomic E-state index is -0.316. The number of hydrogen-bond acceptors (Lipinski definition) is 2. The zero-order chi connectivity index (χ0) is 9.84. The van der Waals surface area contributed by atoms with E-state index in [2.05, 4.69) is 10.6 Å². The Hall–Kier alpha value is -1.06. The lowest BCUT2D eigenvalue weighted by Crippen LogP contribution is -2.51. The molecule has 13 heavy (non-hydrogen) atoms. The molecule has 1 atom stereocenters. The second-order valence-electron chi connectivity index (χ2n) is 3.65. The Morgan fingerprint density at radius 2 is 2.31 bits per heavy atom. The molecule has 0 spiro atoms. The number of carbonyl (C=O) groups excluding carboxylic acids is 2. The Morgan fingerprint density at radius 3 is 2.85 bits per heavy atom. The molecule has 4 nitrogen and oxygen atoms in total. The summed E-state index contributed by atoms with van der Waals surface area (Å²) in [5.41, 5.74) is 0. The summed E-state index contributed by atoms with van der Waals surface area (Å²) in [5, 5.41) is 5.44. The lowest BCUT2D eigenvalue weighted by atomic mass is 10.1. The largest absolute Gasteiger partial charge is 0.354 e. The Morgan fingerprint density at radius 1 is 1.62 bits per heavy atom. The maximum atomic E-state index is 11.3. The van der Waals surface area contributed by atoms with Crippen molar-refractivity contribution in [1.29, 1.82) is 0 Å². The fourth-order valence-corrected chi connectivity index (χ4v) is 1.25. The van der Waals surface area contributed by atoms with Gasteiger partial charge in [0, 0.05) is 12.5 Å². The first-order chi connectivity index (χ1) is 6.11. The molecule has 1 heterocycles. The molecule has 0 aromatic carbocycles. The van der Waals surface area contributed by atoms with E-state index in [0.717, 1.165) is 19.4 Å². The van der Waals surface area contributed by atoms with Gasteiger partial charge in [0.2, 0.25) is 11.8 Å². The van der Waals surface area contributed by atoms with E-state index in [0.29, 0.717) is 0 Å². The van der Waals surface area contributed by atoms with Gasteiger partial charge < -0.3 is 10.6 Å². The summed E-state index contributed by atoms with van der Waals surface area (Å²) in [6.07, 6.45) is 1.69. The van der Waals surface area contributed by atoms with E-state index in [1.54, 1.807) is 0 Å². The van der Waals surface area contributed by atoms with Gasteiger partial charge in [0.25, 0.3) is 0 Å². The first-order valence-corrected chi connectivity index (χ1v) is 4.69. The van der Waals surface area contributed by atoms with Crippen LogP contribution in [-0.2, 0) is 9.59 Å². The molecule has 0 radical (unpaired) electrons. The van der Waals surface area contributed by atoms with Gasteiger partial charge in [-0.2, -0.15) is 0 Å². The van der Waals surface area contributed by atoms with Crippen LogP contribution in [0, 0.1) is 5.92 Å². The molecule has 1 saturated heterocycles. The third-order valence-corrected chi connectivity index (χ3v) is 2.13. The van der Waals surface area contributed by atoms with Crippen LogP contribution in [-0.4, -0.2) is 24.4 Å². The smallest absolute Gasteiger partial charge is 0.242 e.